The Hall–Kier alpha value is -0.940. The molecule has 0 unspecified atom stereocenters. The summed E-state index contributed by atoms with van der Waals surface area (Å²) >= 11 is 3.40. The summed E-state index contributed by atoms with van der Waals surface area (Å²) in [5.74, 6) is 0. The van der Waals surface area contributed by atoms with Gasteiger partial charge in [-0.25, -0.2) is 9.97 Å². The lowest BCUT2D eigenvalue weighted by Crippen LogP contribution is -1.97. The molecule has 2 rings (SSSR count). The number of hydrogen-bond acceptors (Lipinski definition) is 5. The molecule has 2 heterocycles. The predicted molar refractivity (Wildman–Crippen MR) is 65.7 cm³/mol. The van der Waals surface area contributed by atoms with Crippen LogP contribution in [0.25, 0.3) is 0 Å². The summed E-state index contributed by atoms with van der Waals surface area (Å²) in [6.07, 6.45) is 2.98. The first-order valence-corrected chi connectivity index (χ1v) is 6.57. The second-order valence-corrected chi connectivity index (χ2v) is 5.28. The third kappa shape index (κ3) is 2.76. The van der Waals surface area contributed by atoms with Gasteiger partial charge in [0.1, 0.15) is 5.01 Å². The first-order chi connectivity index (χ1) is 7.28. The molecule has 0 spiro atoms. The molecule has 0 amide bonds. The fourth-order valence-corrected chi connectivity index (χ4v) is 2.65. The minimum absolute atomic E-state index is 0.773. The number of aryl methyl sites for hydroxylation is 2. The molecule has 0 saturated carbocycles. The molecule has 0 radical (unpaired) electrons. The fraction of sp³-hybridized carbons (Fsp3) is 0.400. The normalized spacial score (nSPS) is 10.5. The predicted octanol–water partition coefficient (Wildman–Crippen LogP) is 3.08. The van der Waals surface area contributed by atoms with Gasteiger partial charge >= 0.3 is 0 Å². The summed E-state index contributed by atoms with van der Waals surface area (Å²) in [4.78, 5) is 9.99. The number of rotatable bonds is 4. The molecule has 0 fully saturated rings. The molecule has 0 aromatic carbocycles. The van der Waals surface area contributed by atoms with Gasteiger partial charge in [0.25, 0.3) is 0 Å². The maximum Gasteiger partial charge on any atom is 0.183 e. The van der Waals surface area contributed by atoms with E-state index in [1.165, 1.54) is 4.88 Å². The quantitative estimate of drug-likeness (QED) is 0.891. The second kappa shape index (κ2) is 4.72. The number of aromatic nitrogens is 2. The average molecular weight is 239 g/mol. The van der Waals surface area contributed by atoms with Gasteiger partial charge in [0, 0.05) is 22.1 Å². The van der Waals surface area contributed by atoms with Crippen molar-refractivity contribution in [3.05, 3.63) is 27.2 Å². The zero-order chi connectivity index (χ0) is 10.7. The first-order valence-electron chi connectivity index (χ1n) is 4.87. The fourth-order valence-electron chi connectivity index (χ4n) is 1.19. The third-order valence-corrected chi connectivity index (χ3v) is 4.03. The lowest BCUT2D eigenvalue weighted by molar-refractivity contribution is 1.07. The highest BCUT2D eigenvalue weighted by Gasteiger charge is 2.01. The Labute approximate surface area is 97.2 Å². The molecule has 1 N–H and O–H groups in total. The molecule has 0 aliphatic carbocycles. The van der Waals surface area contributed by atoms with Crippen LogP contribution in [0.5, 0.6) is 0 Å². The number of thiazole rings is 2. The van der Waals surface area contributed by atoms with Crippen LogP contribution in [-0.2, 0) is 13.0 Å². The molecule has 0 saturated heterocycles. The van der Waals surface area contributed by atoms with Crippen LogP contribution in [0, 0.1) is 6.92 Å². The van der Waals surface area contributed by atoms with Crippen molar-refractivity contribution >= 4 is 27.8 Å². The zero-order valence-electron chi connectivity index (χ0n) is 8.78. The molecule has 2 aromatic heterocycles. The summed E-state index contributed by atoms with van der Waals surface area (Å²) in [6, 6.07) is 0. The summed E-state index contributed by atoms with van der Waals surface area (Å²) < 4.78 is 0. The van der Waals surface area contributed by atoms with Crippen molar-refractivity contribution in [2.24, 2.45) is 0 Å². The van der Waals surface area contributed by atoms with E-state index in [4.69, 9.17) is 0 Å². The largest absolute Gasteiger partial charge is 0.355 e. The highest BCUT2D eigenvalue weighted by Crippen LogP contribution is 2.19. The Kier molecular flexibility index (Phi) is 3.33. The van der Waals surface area contributed by atoms with Crippen LogP contribution < -0.4 is 5.32 Å². The van der Waals surface area contributed by atoms with Crippen molar-refractivity contribution in [3.8, 4) is 0 Å². The first kappa shape index (κ1) is 10.6. The molecular formula is C10H13N3S2. The van der Waals surface area contributed by atoms with Crippen LogP contribution in [0.3, 0.4) is 0 Å². The minimum atomic E-state index is 0.773. The van der Waals surface area contributed by atoms with E-state index in [0.717, 1.165) is 28.8 Å². The zero-order valence-corrected chi connectivity index (χ0v) is 10.4. The van der Waals surface area contributed by atoms with Gasteiger partial charge in [0.05, 0.1) is 6.54 Å². The van der Waals surface area contributed by atoms with E-state index in [9.17, 15) is 0 Å². The average Bonchev–Trinajstić information content (AvgIpc) is 2.83. The van der Waals surface area contributed by atoms with Gasteiger partial charge in [-0.05, 0) is 13.3 Å². The van der Waals surface area contributed by atoms with Crippen molar-refractivity contribution in [2.75, 3.05) is 5.32 Å². The number of nitrogens with one attached hydrogen (secondary N) is 1. The Morgan fingerprint density at radius 3 is 2.93 bits per heavy atom. The molecule has 80 valence electrons. The van der Waals surface area contributed by atoms with Gasteiger partial charge in [-0.1, -0.05) is 6.92 Å². The van der Waals surface area contributed by atoms with Crippen LogP contribution in [0.2, 0.25) is 0 Å². The minimum Gasteiger partial charge on any atom is -0.355 e. The Morgan fingerprint density at radius 2 is 2.33 bits per heavy atom. The molecule has 0 aliphatic heterocycles. The Morgan fingerprint density at radius 1 is 1.47 bits per heavy atom. The molecule has 0 atom stereocenters. The third-order valence-electron chi connectivity index (χ3n) is 1.96. The van der Waals surface area contributed by atoms with Crippen molar-refractivity contribution in [1.29, 1.82) is 0 Å². The SMILES string of the molecule is CCc1cnc(NCc2nc(C)cs2)s1. The summed E-state index contributed by atoms with van der Waals surface area (Å²) in [5, 5.41) is 7.45. The van der Waals surface area contributed by atoms with Gasteiger partial charge in [0.15, 0.2) is 5.13 Å². The van der Waals surface area contributed by atoms with Gasteiger partial charge in [-0.15, -0.1) is 22.7 Å². The standard InChI is InChI=1S/C10H13N3S2/c1-3-8-4-11-10(15-8)12-5-9-13-7(2)6-14-9/h4,6H,3,5H2,1-2H3,(H,11,12). The summed E-state index contributed by atoms with van der Waals surface area (Å²) in [5.41, 5.74) is 1.09. The highest BCUT2D eigenvalue weighted by molar-refractivity contribution is 7.15. The lowest BCUT2D eigenvalue weighted by Gasteiger charge is -1.97. The van der Waals surface area contributed by atoms with Crippen LogP contribution in [0.15, 0.2) is 11.6 Å². The summed E-state index contributed by atoms with van der Waals surface area (Å²) in [6.45, 7) is 4.93. The van der Waals surface area contributed by atoms with Crippen molar-refractivity contribution in [3.63, 3.8) is 0 Å². The molecule has 3 nitrogen and oxygen atoms in total. The van der Waals surface area contributed by atoms with E-state index in [1.807, 2.05) is 13.1 Å². The molecular weight excluding hydrogens is 226 g/mol. The smallest absolute Gasteiger partial charge is 0.183 e. The maximum absolute atomic E-state index is 4.39. The number of nitrogens with zero attached hydrogens (tertiary/aromatic N) is 2. The molecule has 0 aliphatic rings. The van der Waals surface area contributed by atoms with Crippen LogP contribution >= 0.6 is 22.7 Å². The van der Waals surface area contributed by atoms with E-state index in [-0.39, 0.29) is 0 Å². The monoisotopic (exact) mass is 239 g/mol. The van der Waals surface area contributed by atoms with Crippen molar-refractivity contribution in [2.45, 2.75) is 26.8 Å². The van der Waals surface area contributed by atoms with Crippen LogP contribution in [0.4, 0.5) is 5.13 Å². The van der Waals surface area contributed by atoms with Gasteiger partial charge in [0.2, 0.25) is 0 Å². The Bertz CT molecular complexity index is 433. The van der Waals surface area contributed by atoms with E-state index in [0.29, 0.717) is 0 Å². The van der Waals surface area contributed by atoms with E-state index < -0.39 is 0 Å². The van der Waals surface area contributed by atoms with Gasteiger partial charge in [-0.2, -0.15) is 0 Å². The van der Waals surface area contributed by atoms with Gasteiger partial charge in [-0.3, -0.25) is 0 Å². The summed E-state index contributed by atoms with van der Waals surface area (Å²) in [7, 11) is 0. The maximum atomic E-state index is 4.39. The van der Waals surface area contributed by atoms with Crippen LogP contribution in [0.1, 0.15) is 22.5 Å². The van der Waals surface area contributed by atoms with E-state index in [1.54, 1.807) is 22.7 Å². The molecule has 0 bridgehead atoms. The van der Waals surface area contributed by atoms with E-state index in [2.05, 4.69) is 27.6 Å². The molecule has 15 heavy (non-hydrogen) atoms. The van der Waals surface area contributed by atoms with Crippen LogP contribution in [-0.4, -0.2) is 9.97 Å². The number of hydrogen-bond donors (Lipinski definition) is 1. The molecule has 2 aromatic rings. The lowest BCUT2D eigenvalue weighted by atomic mass is 10.4. The topological polar surface area (TPSA) is 37.8 Å². The highest BCUT2D eigenvalue weighted by atomic mass is 32.1. The van der Waals surface area contributed by atoms with Crippen molar-refractivity contribution < 1.29 is 0 Å². The van der Waals surface area contributed by atoms with Gasteiger partial charge < -0.3 is 5.32 Å². The molecule has 5 heteroatoms. The number of anilines is 1. The van der Waals surface area contributed by atoms with E-state index >= 15 is 0 Å². The van der Waals surface area contributed by atoms with Crippen molar-refractivity contribution in [1.82, 2.24) is 9.97 Å². The Balaban J connectivity index is 1.93. The second-order valence-electron chi connectivity index (χ2n) is 3.22.